The van der Waals surface area contributed by atoms with Gasteiger partial charge >= 0.3 is 0 Å². The molecule has 2 heteroatoms. The van der Waals surface area contributed by atoms with Crippen LogP contribution < -0.4 is 9.47 Å². The van der Waals surface area contributed by atoms with Crippen molar-refractivity contribution in [3.05, 3.63) is 125 Å². The molecule has 0 heterocycles. The zero-order chi connectivity index (χ0) is 26.1. The first-order chi connectivity index (χ1) is 17.4. The number of ether oxygens (including phenoxy) is 2. The van der Waals surface area contributed by atoms with E-state index in [9.17, 15) is 0 Å². The molecule has 0 radical (unpaired) electrons. The summed E-state index contributed by atoms with van der Waals surface area (Å²) >= 11 is 0. The molecule has 36 heavy (non-hydrogen) atoms. The van der Waals surface area contributed by atoms with Crippen molar-refractivity contribution in [1.29, 1.82) is 0 Å². The van der Waals surface area contributed by atoms with E-state index in [2.05, 4.69) is 70.4 Å². The lowest BCUT2D eigenvalue weighted by Gasteiger charge is -2.16. The molecule has 4 rings (SSSR count). The van der Waals surface area contributed by atoms with E-state index >= 15 is 0 Å². The van der Waals surface area contributed by atoms with E-state index in [1.54, 1.807) is 6.08 Å². The normalized spacial score (nSPS) is 16.5. The van der Waals surface area contributed by atoms with Crippen molar-refractivity contribution in [2.24, 2.45) is 5.92 Å². The molecule has 0 saturated heterocycles. The fraction of sp³-hybridized carbons (Fsp3) is 0.294. The topological polar surface area (TPSA) is 18.5 Å². The zero-order valence-corrected chi connectivity index (χ0v) is 22.6. The molecule has 0 N–H and O–H groups in total. The highest BCUT2D eigenvalue weighted by molar-refractivity contribution is 5.75. The number of hydrogen-bond donors (Lipinski definition) is 0. The number of rotatable bonds is 9. The summed E-state index contributed by atoms with van der Waals surface area (Å²) in [6.07, 6.45) is 13.2. The van der Waals surface area contributed by atoms with Gasteiger partial charge in [0, 0.05) is 6.07 Å². The molecule has 0 amide bonds. The predicted molar refractivity (Wildman–Crippen MR) is 154 cm³/mol. The van der Waals surface area contributed by atoms with Crippen molar-refractivity contribution in [2.75, 3.05) is 6.61 Å². The molecule has 0 fully saturated rings. The van der Waals surface area contributed by atoms with Gasteiger partial charge < -0.3 is 9.47 Å². The summed E-state index contributed by atoms with van der Waals surface area (Å²) in [5.74, 6) is 2.03. The van der Waals surface area contributed by atoms with Gasteiger partial charge in [-0.05, 0) is 83.7 Å². The lowest BCUT2D eigenvalue weighted by Crippen LogP contribution is -2.02. The molecule has 1 atom stereocenters. The molecule has 2 nitrogen and oxygen atoms in total. The van der Waals surface area contributed by atoms with Crippen molar-refractivity contribution >= 4 is 5.57 Å². The van der Waals surface area contributed by atoms with Crippen molar-refractivity contribution in [3.63, 3.8) is 0 Å². The summed E-state index contributed by atoms with van der Waals surface area (Å²) in [5, 5.41) is 0. The molecule has 1 unspecified atom stereocenters. The molecule has 0 spiro atoms. The smallest absolute Gasteiger partial charge is 0.123 e. The Bertz CT molecular complexity index is 1220. The van der Waals surface area contributed by atoms with E-state index < -0.39 is 0 Å². The molecular formula is C34H40O2. The van der Waals surface area contributed by atoms with Crippen LogP contribution in [0.25, 0.3) is 5.57 Å². The quantitative estimate of drug-likeness (QED) is 0.333. The second-order valence-electron chi connectivity index (χ2n) is 9.23. The Balaban J connectivity index is 0.00000176. The molecule has 2 aromatic carbocycles. The highest BCUT2D eigenvalue weighted by Gasteiger charge is 2.19. The van der Waals surface area contributed by atoms with Crippen molar-refractivity contribution < 1.29 is 9.47 Å². The van der Waals surface area contributed by atoms with Crippen LogP contribution in [0.5, 0.6) is 11.5 Å². The third-order valence-corrected chi connectivity index (χ3v) is 6.56. The van der Waals surface area contributed by atoms with Gasteiger partial charge in [0.2, 0.25) is 0 Å². The van der Waals surface area contributed by atoms with Gasteiger partial charge in [-0.3, -0.25) is 0 Å². The highest BCUT2D eigenvalue weighted by Crippen LogP contribution is 2.35. The maximum atomic E-state index is 6.13. The predicted octanol–water partition coefficient (Wildman–Crippen LogP) is 9.35. The molecule has 2 aliphatic carbocycles. The van der Waals surface area contributed by atoms with E-state index in [1.165, 1.54) is 27.9 Å². The molecule has 2 aromatic rings. The molecule has 0 saturated carbocycles. The van der Waals surface area contributed by atoms with E-state index in [4.69, 9.17) is 9.47 Å². The standard InChI is InChI=1S/C32H34O2.C2H6/c1-6-23(3)32-24(4)9-7-10-28(32)21-34-30-12-8-11-29(19-30)33-20-26-17-25(5)31(18-26)27-15-13-22(2)14-16-27;1-2/h6-13,15,17-19,25H,1,3,14,16,20-21H2,2,4-5H3;1-2H3. The van der Waals surface area contributed by atoms with Gasteiger partial charge in [-0.15, -0.1) is 0 Å². The van der Waals surface area contributed by atoms with E-state index in [-0.39, 0.29) is 0 Å². The van der Waals surface area contributed by atoms with Crippen LogP contribution in [-0.4, -0.2) is 6.61 Å². The Morgan fingerprint density at radius 3 is 2.33 bits per heavy atom. The minimum absolute atomic E-state index is 0.431. The van der Waals surface area contributed by atoms with Gasteiger partial charge in [0.1, 0.15) is 24.7 Å². The Morgan fingerprint density at radius 2 is 1.67 bits per heavy atom. The van der Waals surface area contributed by atoms with Crippen LogP contribution >= 0.6 is 0 Å². The minimum atomic E-state index is 0.431. The van der Waals surface area contributed by atoms with E-state index in [0.717, 1.165) is 41.0 Å². The van der Waals surface area contributed by atoms with Crippen LogP contribution in [0.4, 0.5) is 0 Å². The first-order valence-electron chi connectivity index (χ1n) is 13.0. The zero-order valence-electron chi connectivity index (χ0n) is 22.6. The summed E-state index contributed by atoms with van der Waals surface area (Å²) < 4.78 is 12.3. The van der Waals surface area contributed by atoms with Gasteiger partial charge in [-0.1, -0.05) is 94.1 Å². The van der Waals surface area contributed by atoms with Gasteiger partial charge in [0.25, 0.3) is 0 Å². The van der Waals surface area contributed by atoms with E-state index in [0.29, 0.717) is 19.1 Å². The second kappa shape index (κ2) is 13.0. The van der Waals surface area contributed by atoms with Gasteiger partial charge in [-0.25, -0.2) is 0 Å². The van der Waals surface area contributed by atoms with Crippen LogP contribution in [0.1, 0.15) is 57.2 Å². The largest absolute Gasteiger partial charge is 0.489 e. The number of allylic oxidation sites excluding steroid dienone is 8. The lowest BCUT2D eigenvalue weighted by molar-refractivity contribution is 0.301. The molecule has 2 aliphatic rings. The van der Waals surface area contributed by atoms with Crippen molar-refractivity contribution in [1.82, 2.24) is 0 Å². The lowest BCUT2D eigenvalue weighted by atomic mass is 9.89. The molecule has 0 aliphatic heterocycles. The van der Waals surface area contributed by atoms with Crippen LogP contribution in [0.3, 0.4) is 0 Å². The molecule has 188 valence electrons. The average Bonchev–Trinajstić information content (AvgIpc) is 3.28. The van der Waals surface area contributed by atoms with Gasteiger partial charge in [0.15, 0.2) is 0 Å². The maximum Gasteiger partial charge on any atom is 0.123 e. The highest BCUT2D eigenvalue weighted by atomic mass is 16.5. The Morgan fingerprint density at radius 1 is 0.972 bits per heavy atom. The van der Waals surface area contributed by atoms with E-state index in [1.807, 2.05) is 44.2 Å². The number of aryl methyl sites for hydroxylation is 1. The van der Waals surface area contributed by atoms with Crippen LogP contribution in [0.15, 0.2) is 108 Å². The summed E-state index contributed by atoms with van der Waals surface area (Å²) in [5.41, 5.74) is 9.85. The maximum absolute atomic E-state index is 6.13. The summed E-state index contributed by atoms with van der Waals surface area (Å²) in [4.78, 5) is 0. The van der Waals surface area contributed by atoms with Crippen molar-refractivity contribution in [2.45, 2.75) is 54.1 Å². The second-order valence-corrected chi connectivity index (χ2v) is 9.23. The average molecular weight is 481 g/mol. The van der Waals surface area contributed by atoms with Crippen molar-refractivity contribution in [3.8, 4) is 11.5 Å². The summed E-state index contributed by atoms with van der Waals surface area (Å²) in [6, 6.07) is 14.1. The number of benzene rings is 2. The third-order valence-electron chi connectivity index (χ3n) is 6.56. The SMILES string of the molecule is C=CC(=C)c1c(C)cccc1COc1cccc(OCC2=CC(C)C(C3=CC=C(C)CC3)=C2)c1.CC. The molecular weight excluding hydrogens is 440 g/mol. The molecule has 0 bridgehead atoms. The first-order valence-corrected chi connectivity index (χ1v) is 13.0. The van der Waals surface area contributed by atoms with Crippen LogP contribution in [0, 0.1) is 12.8 Å². The number of hydrogen-bond acceptors (Lipinski definition) is 2. The van der Waals surface area contributed by atoms with Gasteiger partial charge in [-0.2, -0.15) is 0 Å². The summed E-state index contributed by atoms with van der Waals surface area (Å²) in [7, 11) is 0. The third kappa shape index (κ3) is 6.79. The monoisotopic (exact) mass is 480 g/mol. The van der Waals surface area contributed by atoms with Gasteiger partial charge in [0.05, 0.1) is 0 Å². The molecule has 0 aromatic heterocycles. The Hall–Kier alpha value is -3.52. The minimum Gasteiger partial charge on any atom is -0.489 e. The summed E-state index contributed by atoms with van der Waals surface area (Å²) in [6.45, 7) is 19.6. The first kappa shape index (κ1) is 27.1. The Kier molecular flexibility index (Phi) is 9.76. The van der Waals surface area contributed by atoms with Crippen LogP contribution in [0.2, 0.25) is 0 Å². The van der Waals surface area contributed by atoms with Crippen LogP contribution in [-0.2, 0) is 6.61 Å². The fourth-order valence-electron chi connectivity index (χ4n) is 4.64. The Labute approximate surface area is 218 Å². The fourth-order valence-corrected chi connectivity index (χ4v) is 4.64.